The molecule has 218 valence electrons. The predicted molar refractivity (Wildman–Crippen MR) is 164 cm³/mol. The molecule has 1 fully saturated rings. The fraction of sp³-hybridized carbons (Fsp3) is 0.333. The number of carbonyl (C=O) groups excluding carboxylic acids is 1. The summed E-state index contributed by atoms with van der Waals surface area (Å²) in [5, 5.41) is 5.10. The Morgan fingerprint density at radius 2 is 1.86 bits per heavy atom. The van der Waals surface area contributed by atoms with E-state index in [0.29, 0.717) is 61.0 Å². The van der Waals surface area contributed by atoms with Gasteiger partial charge in [0.15, 0.2) is 12.4 Å². The number of hydrogen-bond acceptors (Lipinski definition) is 7. The number of aromatic nitrogens is 2. The van der Waals surface area contributed by atoms with E-state index in [-0.39, 0.29) is 24.0 Å². The number of hydrogen-bond donors (Lipinski definition) is 0. The Morgan fingerprint density at radius 1 is 1.07 bits per heavy atom. The zero-order valence-corrected chi connectivity index (χ0v) is 24.5. The van der Waals surface area contributed by atoms with Gasteiger partial charge in [-0.3, -0.25) is 9.59 Å². The average molecular weight is 569 g/mol. The van der Waals surface area contributed by atoms with E-state index in [1.807, 2.05) is 56.3 Å². The third-order valence-corrected chi connectivity index (χ3v) is 7.18. The molecule has 1 amide bonds. The van der Waals surface area contributed by atoms with Gasteiger partial charge in [-0.25, -0.2) is 4.98 Å². The Balaban J connectivity index is 1.50. The van der Waals surface area contributed by atoms with Gasteiger partial charge in [-0.1, -0.05) is 38.1 Å². The van der Waals surface area contributed by atoms with E-state index < -0.39 is 0 Å². The van der Waals surface area contributed by atoms with Crippen molar-refractivity contribution in [2.24, 2.45) is 5.10 Å². The van der Waals surface area contributed by atoms with Gasteiger partial charge in [0.2, 0.25) is 0 Å². The van der Waals surface area contributed by atoms with E-state index in [2.05, 4.69) is 18.9 Å². The summed E-state index contributed by atoms with van der Waals surface area (Å²) >= 11 is 0. The molecule has 0 unspecified atom stereocenters. The van der Waals surface area contributed by atoms with Gasteiger partial charge in [0.25, 0.3) is 11.5 Å². The smallest absolute Gasteiger partial charge is 0.282 e. The van der Waals surface area contributed by atoms with Crippen LogP contribution in [0.5, 0.6) is 11.5 Å². The highest BCUT2D eigenvalue weighted by Crippen LogP contribution is 2.34. The molecule has 3 aromatic carbocycles. The Kier molecular flexibility index (Phi) is 8.97. The number of ether oxygens (including phenoxy) is 3. The van der Waals surface area contributed by atoms with Crippen LogP contribution in [0, 0.1) is 6.92 Å². The first-order valence-corrected chi connectivity index (χ1v) is 14.3. The van der Waals surface area contributed by atoms with Crippen molar-refractivity contribution in [2.75, 3.05) is 39.5 Å². The average Bonchev–Trinajstić information content (AvgIpc) is 3.00. The summed E-state index contributed by atoms with van der Waals surface area (Å²) in [6.07, 6.45) is 1.60. The minimum absolute atomic E-state index is 0.0615. The number of para-hydroxylation sites is 1. The van der Waals surface area contributed by atoms with Crippen LogP contribution in [0.4, 0.5) is 0 Å². The molecule has 0 N–H and O–H groups in total. The molecule has 1 aromatic heterocycles. The number of benzene rings is 3. The molecule has 0 bridgehead atoms. The normalized spacial score (nSPS) is 13.7. The molecule has 0 atom stereocenters. The number of carbonyl (C=O) groups is 1. The Morgan fingerprint density at radius 3 is 2.62 bits per heavy atom. The van der Waals surface area contributed by atoms with Crippen LogP contribution in [0.15, 0.2) is 70.6 Å². The number of amides is 1. The van der Waals surface area contributed by atoms with Crippen LogP contribution in [0.1, 0.15) is 43.4 Å². The molecule has 42 heavy (non-hydrogen) atoms. The van der Waals surface area contributed by atoms with Crippen LogP contribution in [-0.2, 0) is 9.53 Å². The molecule has 0 spiro atoms. The second-order valence-corrected chi connectivity index (χ2v) is 10.5. The lowest BCUT2D eigenvalue weighted by Gasteiger charge is -2.26. The van der Waals surface area contributed by atoms with Gasteiger partial charge in [-0.05, 0) is 72.9 Å². The summed E-state index contributed by atoms with van der Waals surface area (Å²) < 4.78 is 18.4. The van der Waals surface area contributed by atoms with Crippen molar-refractivity contribution in [1.29, 1.82) is 0 Å². The minimum Gasteiger partial charge on any atom is -0.494 e. The van der Waals surface area contributed by atoms with Gasteiger partial charge in [-0.15, -0.1) is 0 Å². The van der Waals surface area contributed by atoms with Crippen molar-refractivity contribution in [3.8, 4) is 22.9 Å². The van der Waals surface area contributed by atoms with Crippen LogP contribution in [0.25, 0.3) is 22.3 Å². The highest BCUT2D eigenvalue weighted by atomic mass is 16.5. The summed E-state index contributed by atoms with van der Waals surface area (Å²) in [5.74, 6) is 1.93. The zero-order chi connectivity index (χ0) is 29.6. The molecule has 0 saturated carbocycles. The monoisotopic (exact) mass is 568 g/mol. The molecule has 1 aliphatic heterocycles. The lowest BCUT2D eigenvalue weighted by molar-refractivity contribution is -0.137. The van der Waals surface area contributed by atoms with Gasteiger partial charge in [0.05, 0.1) is 36.9 Å². The second-order valence-electron chi connectivity index (χ2n) is 10.5. The molecular weight excluding hydrogens is 532 g/mol. The SMILES string of the molecule is CCOc1cc(C)c(-c2nc3ccccc3c(=O)n2N=Cc2cccc(OCC(=O)N3CCOCC3)c2)cc1C(C)C. The van der Waals surface area contributed by atoms with Crippen molar-refractivity contribution in [1.82, 2.24) is 14.6 Å². The Bertz CT molecular complexity index is 1670. The maximum atomic E-state index is 13.7. The lowest BCUT2D eigenvalue weighted by atomic mass is 9.96. The van der Waals surface area contributed by atoms with Crippen molar-refractivity contribution >= 4 is 23.0 Å². The summed E-state index contributed by atoms with van der Waals surface area (Å²) in [6.45, 7) is 10.9. The van der Waals surface area contributed by atoms with Crippen molar-refractivity contribution in [2.45, 2.75) is 33.6 Å². The molecule has 9 nitrogen and oxygen atoms in total. The van der Waals surface area contributed by atoms with Crippen LogP contribution >= 0.6 is 0 Å². The van der Waals surface area contributed by atoms with Gasteiger partial charge >= 0.3 is 0 Å². The fourth-order valence-electron chi connectivity index (χ4n) is 4.93. The lowest BCUT2D eigenvalue weighted by Crippen LogP contribution is -2.42. The molecule has 4 aromatic rings. The number of morpholine rings is 1. The number of aryl methyl sites for hydroxylation is 1. The van der Waals surface area contributed by atoms with Gasteiger partial charge in [0.1, 0.15) is 11.5 Å². The van der Waals surface area contributed by atoms with Crippen molar-refractivity contribution in [3.63, 3.8) is 0 Å². The maximum Gasteiger partial charge on any atom is 0.282 e. The molecule has 9 heteroatoms. The van der Waals surface area contributed by atoms with Crippen LogP contribution in [0.3, 0.4) is 0 Å². The van der Waals surface area contributed by atoms with Gasteiger partial charge < -0.3 is 19.1 Å². The van der Waals surface area contributed by atoms with Crippen LogP contribution < -0.4 is 15.0 Å². The van der Waals surface area contributed by atoms with E-state index >= 15 is 0 Å². The highest BCUT2D eigenvalue weighted by Gasteiger charge is 2.19. The molecule has 5 rings (SSSR count). The summed E-state index contributed by atoms with van der Waals surface area (Å²) in [7, 11) is 0. The topological polar surface area (TPSA) is 95.2 Å². The standard InChI is InChI=1S/C33H36N4O5/c1-5-41-30-17-23(4)28(19-27(30)22(2)3)32-35-29-12-7-6-11-26(29)33(39)37(32)34-20-24-9-8-10-25(18-24)42-21-31(38)36-13-15-40-16-14-36/h6-12,17-20,22H,5,13-16,21H2,1-4H3. The molecular formula is C33H36N4O5. The summed E-state index contributed by atoms with van der Waals surface area (Å²) in [5.41, 5.74) is 3.81. The second kappa shape index (κ2) is 13.0. The quantitative estimate of drug-likeness (QED) is 0.263. The molecule has 1 aliphatic rings. The van der Waals surface area contributed by atoms with Crippen LogP contribution in [-0.4, -0.2) is 66.2 Å². The van der Waals surface area contributed by atoms with Crippen molar-refractivity contribution in [3.05, 3.63) is 87.7 Å². The summed E-state index contributed by atoms with van der Waals surface area (Å²) in [4.78, 5) is 32.9. The first kappa shape index (κ1) is 29.0. The predicted octanol–water partition coefficient (Wildman–Crippen LogP) is 5.01. The van der Waals surface area contributed by atoms with E-state index in [4.69, 9.17) is 19.2 Å². The Hall–Kier alpha value is -4.50. The van der Waals surface area contributed by atoms with E-state index in [1.54, 1.807) is 29.3 Å². The fourth-order valence-corrected chi connectivity index (χ4v) is 4.93. The third kappa shape index (κ3) is 6.36. The molecule has 1 saturated heterocycles. The van der Waals surface area contributed by atoms with Crippen LogP contribution in [0.2, 0.25) is 0 Å². The third-order valence-electron chi connectivity index (χ3n) is 7.18. The van der Waals surface area contributed by atoms with Gasteiger partial charge in [0, 0.05) is 18.7 Å². The highest BCUT2D eigenvalue weighted by molar-refractivity contribution is 5.83. The number of rotatable bonds is 9. The largest absolute Gasteiger partial charge is 0.494 e. The minimum atomic E-state index is -0.269. The summed E-state index contributed by atoms with van der Waals surface area (Å²) in [6, 6.07) is 18.6. The van der Waals surface area contributed by atoms with Crippen molar-refractivity contribution < 1.29 is 19.0 Å². The molecule has 2 heterocycles. The Labute approximate surface area is 245 Å². The number of nitrogens with zero attached hydrogens (tertiary/aromatic N) is 4. The number of fused-ring (bicyclic) bond motifs is 1. The van der Waals surface area contributed by atoms with E-state index in [0.717, 1.165) is 22.4 Å². The van der Waals surface area contributed by atoms with E-state index in [1.165, 1.54) is 4.68 Å². The van der Waals surface area contributed by atoms with E-state index in [9.17, 15) is 9.59 Å². The molecule has 0 aliphatic carbocycles. The molecule has 0 radical (unpaired) electrons. The maximum absolute atomic E-state index is 13.7. The zero-order valence-electron chi connectivity index (χ0n) is 24.5. The van der Waals surface area contributed by atoms with Gasteiger partial charge in [-0.2, -0.15) is 9.78 Å². The first-order chi connectivity index (χ1) is 20.4. The first-order valence-electron chi connectivity index (χ1n) is 14.3.